The van der Waals surface area contributed by atoms with E-state index in [0.717, 1.165) is 44.3 Å². The summed E-state index contributed by atoms with van der Waals surface area (Å²) in [5.41, 5.74) is 6.46. The van der Waals surface area contributed by atoms with Crippen molar-refractivity contribution in [2.45, 2.75) is 44.2 Å². The van der Waals surface area contributed by atoms with Crippen molar-refractivity contribution in [3.05, 3.63) is 35.9 Å². The molecular weight excluding hydrogens is 330 g/mol. The number of aliphatic hydroxyl groups is 1. The zero-order chi connectivity index (χ0) is 18.5. The van der Waals surface area contributed by atoms with Crippen LogP contribution in [0.15, 0.2) is 30.3 Å². The van der Waals surface area contributed by atoms with E-state index in [4.69, 9.17) is 5.73 Å². The van der Waals surface area contributed by atoms with Crippen molar-refractivity contribution >= 4 is 11.8 Å². The highest BCUT2D eigenvalue weighted by Crippen LogP contribution is 2.38. The van der Waals surface area contributed by atoms with Gasteiger partial charge in [0.1, 0.15) is 0 Å². The van der Waals surface area contributed by atoms with E-state index in [2.05, 4.69) is 10.2 Å². The number of rotatable bonds is 7. The Morgan fingerprint density at radius 3 is 2.42 bits per heavy atom. The Balaban J connectivity index is 1.48. The first-order valence-corrected chi connectivity index (χ1v) is 9.57. The Morgan fingerprint density at radius 2 is 1.85 bits per heavy atom. The van der Waals surface area contributed by atoms with E-state index in [1.54, 1.807) is 0 Å². The zero-order valence-electron chi connectivity index (χ0n) is 15.1. The van der Waals surface area contributed by atoms with Crippen molar-refractivity contribution in [3.8, 4) is 0 Å². The van der Waals surface area contributed by atoms with Gasteiger partial charge in [-0.15, -0.1) is 0 Å². The lowest BCUT2D eigenvalue weighted by atomic mass is 9.75. The molecule has 0 aromatic heterocycles. The third-order valence-electron chi connectivity index (χ3n) is 5.74. The highest BCUT2D eigenvalue weighted by molar-refractivity contribution is 5.77. The van der Waals surface area contributed by atoms with E-state index in [9.17, 15) is 14.7 Å². The van der Waals surface area contributed by atoms with Crippen LogP contribution in [0.3, 0.4) is 0 Å². The van der Waals surface area contributed by atoms with E-state index in [0.29, 0.717) is 18.9 Å². The molecule has 1 aromatic carbocycles. The average Bonchev–Trinajstić information content (AvgIpc) is 2.63. The minimum atomic E-state index is -0.241. The number of aliphatic hydroxyl groups excluding tert-OH is 1. The third kappa shape index (κ3) is 4.83. The predicted octanol–water partition coefficient (Wildman–Crippen LogP) is 1.20. The van der Waals surface area contributed by atoms with Gasteiger partial charge in [-0.2, -0.15) is 0 Å². The number of nitrogens with one attached hydrogen (secondary N) is 1. The molecule has 3 rings (SSSR count). The Labute approximate surface area is 154 Å². The maximum Gasteiger partial charge on any atom is 0.221 e. The zero-order valence-corrected chi connectivity index (χ0v) is 15.1. The molecule has 1 aliphatic carbocycles. The number of nitrogens with two attached hydrogens (primary N) is 1. The maximum atomic E-state index is 12.5. The molecule has 1 aliphatic heterocycles. The van der Waals surface area contributed by atoms with Crippen LogP contribution in [0.5, 0.6) is 0 Å². The van der Waals surface area contributed by atoms with E-state index >= 15 is 0 Å². The molecule has 0 bridgehead atoms. The second-order valence-electron chi connectivity index (χ2n) is 7.61. The summed E-state index contributed by atoms with van der Waals surface area (Å²) in [7, 11) is 0. The van der Waals surface area contributed by atoms with Crippen LogP contribution in [0.2, 0.25) is 0 Å². The summed E-state index contributed by atoms with van der Waals surface area (Å²) in [5, 5.41) is 12.8. The summed E-state index contributed by atoms with van der Waals surface area (Å²) in [6.07, 6.45) is 3.24. The topological polar surface area (TPSA) is 95.7 Å². The molecule has 0 unspecified atom stereocenters. The lowest BCUT2D eigenvalue weighted by Crippen LogP contribution is -2.43. The molecule has 1 heterocycles. The number of hydrogen-bond donors (Lipinski definition) is 3. The Kier molecular flexibility index (Phi) is 6.27. The van der Waals surface area contributed by atoms with Gasteiger partial charge in [0.05, 0.1) is 12.1 Å². The number of primary amides is 1. The molecule has 4 N–H and O–H groups in total. The number of benzene rings is 1. The lowest BCUT2D eigenvalue weighted by Gasteiger charge is -2.38. The smallest absolute Gasteiger partial charge is 0.221 e. The largest absolute Gasteiger partial charge is 0.393 e. The van der Waals surface area contributed by atoms with Gasteiger partial charge in [0.25, 0.3) is 0 Å². The average molecular weight is 359 g/mol. The minimum Gasteiger partial charge on any atom is -0.393 e. The highest BCUT2D eigenvalue weighted by Gasteiger charge is 2.35. The first-order valence-electron chi connectivity index (χ1n) is 9.57. The normalized spacial score (nSPS) is 25.3. The molecule has 2 fully saturated rings. The number of hydrogen-bond acceptors (Lipinski definition) is 4. The fourth-order valence-electron chi connectivity index (χ4n) is 3.98. The molecule has 0 spiro atoms. The van der Waals surface area contributed by atoms with Crippen molar-refractivity contribution in [3.63, 3.8) is 0 Å². The van der Waals surface area contributed by atoms with Crippen LogP contribution in [0, 0.1) is 11.8 Å². The van der Waals surface area contributed by atoms with Gasteiger partial charge < -0.3 is 21.1 Å². The summed E-state index contributed by atoms with van der Waals surface area (Å²) >= 11 is 0. The van der Waals surface area contributed by atoms with Crippen LogP contribution in [-0.2, 0) is 9.59 Å². The van der Waals surface area contributed by atoms with Crippen molar-refractivity contribution in [1.82, 2.24) is 10.2 Å². The van der Waals surface area contributed by atoms with Crippen LogP contribution in [-0.4, -0.2) is 47.6 Å². The van der Waals surface area contributed by atoms with E-state index in [1.807, 2.05) is 30.3 Å². The molecule has 1 atom stereocenters. The quantitative estimate of drug-likeness (QED) is 0.682. The van der Waals surface area contributed by atoms with Gasteiger partial charge in [-0.05, 0) is 50.3 Å². The molecule has 1 saturated carbocycles. The van der Waals surface area contributed by atoms with Gasteiger partial charge in [-0.25, -0.2) is 0 Å². The lowest BCUT2D eigenvalue weighted by molar-refractivity contribution is -0.125. The number of piperidine rings is 1. The number of carbonyl (C=O) groups excluding carboxylic acids is 2. The number of nitrogens with zero attached hydrogens (tertiary/aromatic N) is 1. The Morgan fingerprint density at radius 1 is 1.19 bits per heavy atom. The molecule has 6 nitrogen and oxygen atoms in total. The SMILES string of the molecule is NC(=O)C1CCN(CCC(=O)N[C@@H](c2ccccc2)C2CC(O)C2)CC1. The highest BCUT2D eigenvalue weighted by atomic mass is 16.3. The van der Waals surface area contributed by atoms with Crippen molar-refractivity contribution < 1.29 is 14.7 Å². The molecule has 1 saturated heterocycles. The molecule has 26 heavy (non-hydrogen) atoms. The molecule has 2 aliphatic rings. The van der Waals surface area contributed by atoms with Crippen molar-refractivity contribution in [2.24, 2.45) is 17.6 Å². The van der Waals surface area contributed by atoms with Crippen LogP contribution >= 0.6 is 0 Å². The fourth-order valence-corrected chi connectivity index (χ4v) is 3.98. The second-order valence-corrected chi connectivity index (χ2v) is 7.61. The Bertz CT molecular complexity index is 608. The third-order valence-corrected chi connectivity index (χ3v) is 5.74. The fraction of sp³-hybridized carbons (Fsp3) is 0.600. The van der Waals surface area contributed by atoms with Crippen LogP contribution in [0.25, 0.3) is 0 Å². The van der Waals surface area contributed by atoms with Gasteiger partial charge >= 0.3 is 0 Å². The van der Waals surface area contributed by atoms with Crippen LogP contribution < -0.4 is 11.1 Å². The van der Waals surface area contributed by atoms with E-state index < -0.39 is 0 Å². The van der Waals surface area contributed by atoms with E-state index in [1.165, 1.54) is 0 Å². The summed E-state index contributed by atoms with van der Waals surface area (Å²) in [5.74, 6) is 0.100. The molecular formula is C20H29N3O3. The maximum absolute atomic E-state index is 12.5. The number of likely N-dealkylation sites (tertiary alicyclic amines) is 1. The van der Waals surface area contributed by atoms with Gasteiger partial charge in [0.2, 0.25) is 11.8 Å². The van der Waals surface area contributed by atoms with Crippen LogP contribution in [0.4, 0.5) is 0 Å². The van der Waals surface area contributed by atoms with Crippen molar-refractivity contribution in [2.75, 3.05) is 19.6 Å². The summed E-state index contributed by atoms with van der Waals surface area (Å²) in [4.78, 5) is 25.9. The monoisotopic (exact) mass is 359 g/mol. The van der Waals surface area contributed by atoms with Gasteiger partial charge in [0.15, 0.2) is 0 Å². The summed E-state index contributed by atoms with van der Waals surface area (Å²) in [6.45, 7) is 2.34. The van der Waals surface area contributed by atoms with Crippen molar-refractivity contribution in [1.29, 1.82) is 0 Å². The summed E-state index contributed by atoms with van der Waals surface area (Å²) < 4.78 is 0. The molecule has 142 valence electrons. The summed E-state index contributed by atoms with van der Waals surface area (Å²) in [6, 6.07) is 9.95. The molecule has 2 amide bonds. The number of carbonyl (C=O) groups is 2. The predicted molar refractivity (Wildman–Crippen MR) is 99.0 cm³/mol. The molecule has 1 aromatic rings. The number of amides is 2. The van der Waals surface area contributed by atoms with Gasteiger partial charge in [-0.3, -0.25) is 9.59 Å². The van der Waals surface area contributed by atoms with Gasteiger partial charge in [-0.1, -0.05) is 30.3 Å². The van der Waals surface area contributed by atoms with E-state index in [-0.39, 0.29) is 29.9 Å². The minimum absolute atomic E-state index is 0.0208. The second kappa shape index (κ2) is 8.64. The van der Waals surface area contributed by atoms with Crippen LogP contribution in [0.1, 0.15) is 43.7 Å². The molecule has 0 radical (unpaired) electrons. The first-order chi connectivity index (χ1) is 12.5. The molecule has 6 heteroatoms. The Hall–Kier alpha value is -1.92. The first kappa shape index (κ1) is 18.9. The standard InChI is InChI=1S/C20H29N3O3/c21-20(26)15-6-9-23(10-7-15)11-8-18(25)22-19(16-12-17(24)13-16)14-4-2-1-3-5-14/h1-5,15-17,19,24H,6-13H2,(H2,21,26)(H,22,25)/t16?,17?,19-/m0/s1. The van der Waals surface area contributed by atoms with Gasteiger partial charge in [0, 0.05) is 18.9 Å².